The molecule has 0 saturated heterocycles. The highest BCUT2D eigenvalue weighted by Gasteiger charge is 2.24. The van der Waals surface area contributed by atoms with Crippen LogP contribution in [0.25, 0.3) is 0 Å². The van der Waals surface area contributed by atoms with Crippen LogP contribution in [0.4, 0.5) is 13.2 Å². The second-order valence-corrected chi connectivity index (χ2v) is 5.30. The van der Waals surface area contributed by atoms with Crippen LogP contribution < -0.4 is 5.32 Å². The number of nitrogens with one attached hydrogen (secondary N) is 1. The van der Waals surface area contributed by atoms with Gasteiger partial charge in [-0.1, -0.05) is 12.1 Å². The van der Waals surface area contributed by atoms with E-state index in [2.05, 4.69) is 10.4 Å². The molecule has 1 fully saturated rings. The molecule has 2 aromatic rings. The van der Waals surface area contributed by atoms with Crippen LogP contribution in [0.1, 0.15) is 36.1 Å². The van der Waals surface area contributed by atoms with Crippen molar-refractivity contribution in [3.05, 3.63) is 53.1 Å². The Morgan fingerprint density at radius 1 is 1.24 bits per heavy atom. The Balaban J connectivity index is 1.78. The summed E-state index contributed by atoms with van der Waals surface area (Å²) in [5.74, 6) is -0.345. The van der Waals surface area contributed by atoms with Crippen LogP contribution in [0.15, 0.2) is 30.5 Å². The number of hydrogen-bond donors (Lipinski definition) is 1. The molecule has 1 aliphatic rings. The predicted octanol–water partition coefficient (Wildman–Crippen LogP) is 3.26. The van der Waals surface area contributed by atoms with Gasteiger partial charge in [0.05, 0.1) is 12.7 Å². The van der Waals surface area contributed by atoms with Crippen LogP contribution in [0, 0.1) is 5.82 Å². The third-order valence-corrected chi connectivity index (χ3v) is 3.57. The molecule has 0 spiro atoms. The Kier molecular flexibility index (Phi) is 3.96. The van der Waals surface area contributed by atoms with Gasteiger partial charge in [0, 0.05) is 18.2 Å². The zero-order valence-electron chi connectivity index (χ0n) is 11.4. The summed E-state index contributed by atoms with van der Waals surface area (Å²) < 4.78 is 40.7. The normalized spacial score (nSPS) is 14.9. The monoisotopic (exact) mass is 295 g/mol. The largest absolute Gasteiger partial charge is 0.310 e. The second kappa shape index (κ2) is 5.89. The maximum Gasteiger partial charge on any atom is 0.280 e. The summed E-state index contributed by atoms with van der Waals surface area (Å²) in [6.45, 7) is 0.622. The lowest BCUT2D eigenvalue weighted by Crippen LogP contribution is -2.17. The van der Waals surface area contributed by atoms with Crippen LogP contribution in [0.5, 0.6) is 0 Å². The van der Waals surface area contributed by atoms with E-state index in [1.807, 2.05) is 0 Å². The first-order chi connectivity index (χ1) is 10.1. The van der Waals surface area contributed by atoms with Crippen molar-refractivity contribution in [3.8, 4) is 0 Å². The van der Waals surface area contributed by atoms with Gasteiger partial charge in [-0.3, -0.25) is 4.68 Å². The molecule has 0 amide bonds. The van der Waals surface area contributed by atoms with E-state index in [-0.39, 0.29) is 18.1 Å². The van der Waals surface area contributed by atoms with E-state index in [0.717, 1.165) is 18.4 Å². The molecule has 3 rings (SSSR count). The van der Waals surface area contributed by atoms with Gasteiger partial charge in [0.25, 0.3) is 6.43 Å². The molecule has 0 unspecified atom stereocenters. The predicted molar refractivity (Wildman–Crippen MR) is 72.5 cm³/mol. The Morgan fingerprint density at radius 3 is 2.57 bits per heavy atom. The zero-order valence-corrected chi connectivity index (χ0v) is 11.4. The molecule has 1 heterocycles. The lowest BCUT2D eigenvalue weighted by Gasteiger charge is -2.09. The molecule has 1 aromatic heterocycles. The Bertz CT molecular complexity index is 603. The number of halogens is 3. The lowest BCUT2D eigenvalue weighted by molar-refractivity contribution is 0.138. The van der Waals surface area contributed by atoms with Crippen molar-refractivity contribution in [3.63, 3.8) is 0 Å². The van der Waals surface area contributed by atoms with Gasteiger partial charge in [-0.2, -0.15) is 5.10 Å². The molecule has 1 aliphatic carbocycles. The fourth-order valence-electron chi connectivity index (χ4n) is 2.25. The van der Waals surface area contributed by atoms with E-state index in [9.17, 15) is 13.2 Å². The number of alkyl halides is 2. The minimum Gasteiger partial charge on any atom is -0.310 e. The van der Waals surface area contributed by atoms with E-state index in [1.165, 1.54) is 23.0 Å². The van der Waals surface area contributed by atoms with Gasteiger partial charge >= 0.3 is 0 Å². The topological polar surface area (TPSA) is 29.9 Å². The fourth-order valence-corrected chi connectivity index (χ4v) is 2.25. The van der Waals surface area contributed by atoms with Gasteiger partial charge in [0.1, 0.15) is 11.5 Å². The molecule has 6 heteroatoms. The standard InChI is InChI=1S/C15H16F3N3/c16-12-3-1-10(2-4-12)9-21-14(15(17)18)11(8-20-21)7-19-13-5-6-13/h1-4,8,13,15,19H,5-7,9H2. The molecule has 1 aromatic carbocycles. The molecule has 1 N–H and O–H groups in total. The van der Waals surface area contributed by atoms with Gasteiger partial charge < -0.3 is 5.32 Å². The number of rotatable bonds is 6. The Morgan fingerprint density at radius 2 is 1.95 bits per heavy atom. The molecule has 1 saturated carbocycles. The van der Waals surface area contributed by atoms with Gasteiger partial charge in [-0.15, -0.1) is 0 Å². The number of benzene rings is 1. The summed E-state index contributed by atoms with van der Waals surface area (Å²) in [7, 11) is 0. The van der Waals surface area contributed by atoms with E-state index in [0.29, 0.717) is 18.2 Å². The molecule has 0 aliphatic heterocycles. The van der Waals surface area contributed by atoms with Crippen molar-refractivity contribution in [1.29, 1.82) is 0 Å². The first-order valence-electron chi connectivity index (χ1n) is 6.94. The number of nitrogens with zero attached hydrogens (tertiary/aromatic N) is 2. The summed E-state index contributed by atoms with van der Waals surface area (Å²) in [4.78, 5) is 0. The van der Waals surface area contributed by atoms with Crippen LogP contribution >= 0.6 is 0 Å². The lowest BCUT2D eigenvalue weighted by atomic mass is 10.2. The fraction of sp³-hybridized carbons (Fsp3) is 0.400. The van der Waals surface area contributed by atoms with Gasteiger partial charge in [-0.05, 0) is 30.5 Å². The van der Waals surface area contributed by atoms with Crippen LogP contribution in [-0.2, 0) is 13.1 Å². The quantitative estimate of drug-likeness (QED) is 0.886. The third kappa shape index (κ3) is 3.44. The highest BCUT2D eigenvalue weighted by atomic mass is 19.3. The van der Waals surface area contributed by atoms with E-state index < -0.39 is 6.43 Å². The molecular formula is C15H16F3N3. The van der Waals surface area contributed by atoms with Crippen molar-refractivity contribution in [2.75, 3.05) is 0 Å². The number of hydrogen-bond acceptors (Lipinski definition) is 2. The minimum absolute atomic E-state index is 0.0625. The summed E-state index contributed by atoms with van der Waals surface area (Å²) in [5, 5.41) is 7.27. The molecule has 21 heavy (non-hydrogen) atoms. The average molecular weight is 295 g/mol. The van der Waals surface area contributed by atoms with E-state index >= 15 is 0 Å². The second-order valence-electron chi connectivity index (χ2n) is 5.30. The van der Waals surface area contributed by atoms with Crippen LogP contribution in [0.2, 0.25) is 0 Å². The summed E-state index contributed by atoms with van der Waals surface area (Å²) in [6, 6.07) is 6.24. The molecule has 0 radical (unpaired) electrons. The molecule has 0 atom stereocenters. The van der Waals surface area contributed by atoms with Crippen molar-refractivity contribution in [2.24, 2.45) is 0 Å². The Hall–Kier alpha value is -1.82. The average Bonchev–Trinajstić information content (AvgIpc) is 3.20. The van der Waals surface area contributed by atoms with Crippen LogP contribution in [-0.4, -0.2) is 15.8 Å². The maximum atomic E-state index is 13.3. The molecule has 3 nitrogen and oxygen atoms in total. The van der Waals surface area contributed by atoms with E-state index in [1.54, 1.807) is 12.1 Å². The smallest absolute Gasteiger partial charge is 0.280 e. The van der Waals surface area contributed by atoms with Gasteiger partial charge in [0.2, 0.25) is 0 Å². The molecular weight excluding hydrogens is 279 g/mol. The summed E-state index contributed by atoms with van der Waals surface area (Å²) in [6.07, 6.45) is 1.12. The zero-order chi connectivity index (χ0) is 14.8. The maximum absolute atomic E-state index is 13.3. The summed E-state index contributed by atoms with van der Waals surface area (Å²) >= 11 is 0. The first kappa shape index (κ1) is 14.1. The Labute approximate surface area is 120 Å². The van der Waals surface area contributed by atoms with Crippen LogP contribution in [0.3, 0.4) is 0 Å². The van der Waals surface area contributed by atoms with Crippen molar-refractivity contribution in [1.82, 2.24) is 15.1 Å². The number of aromatic nitrogens is 2. The molecule has 0 bridgehead atoms. The van der Waals surface area contributed by atoms with Crippen molar-refractivity contribution >= 4 is 0 Å². The SMILES string of the molecule is Fc1ccc(Cn2ncc(CNC3CC3)c2C(F)F)cc1. The summed E-state index contributed by atoms with van der Waals surface area (Å²) in [5.41, 5.74) is 1.20. The first-order valence-corrected chi connectivity index (χ1v) is 6.94. The minimum atomic E-state index is -2.58. The van der Waals surface area contributed by atoms with Gasteiger partial charge in [0.15, 0.2) is 0 Å². The third-order valence-electron chi connectivity index (χ3n) is 3.57. The van der Waals surface area contributed by atoms with Crippen molar-refractivity contribution < 1.29 is 13.2 Å². The van der Waals surface area contributed by atoms with Crippen molar-refractivity contribution in [2.45, 2.75) is 38.4 Å². The molecule has 112 valence electrons. The highest BCUT2D eigenvalue weighted by Crippen LogP contribution is 2.25. The van der Waals surface area contributed by atoms with Gasteiger partial charge in [-0.25, -0.2) is 13.2 Å². The van der Waals surface area contributed by atoms with E-state index in [4.69, 9.17) is 0 Å². The highest BCUT2D eigenvalue weighted by molar-refractivity contribution is 5.22.